The van der Waals surface area contributed by atoms with Crippen molar-refractivity contribution in [2.24, 2.45) is 0 Å². The maximum Gasteiger partial charge on any atom is 0.248 e. The number of nitrogens with zero attached hydrogens (tertiary/aromatic N) is 4. The molecule has 0 aliphatic rings. The number of hydrogen-bond acceptors (Lipinski definition) is 6. The van der Waals surface area contributed by atoms with Crippen molar-refractivity contribution in [2.45, 2.75) is 13.5 Å². The third-order valence-corrected chi connectivity index (χ3v) is 3.81. The molecule has 8 nitrogen and oxygen atoms in total. The van der Waals surface area contributed by atoms with Gasteiger partial charge in [-0.1, -0.05) is 24.3 Å². The number of benzene rings is 2. The van der Waals surface area contributed by atoms with Gasteiger partial charge in [0, 0.05) is 11.6 Å². The van der Waals surface area contributed by atoms with Crippen LogP contribution in [0.5, 0.6) is 11.5 Å². The van der Waals surface area contributed by atoms with Crippen molar-refractivity contribution in [3.63, 3.8) is 0 Å². The average Bonchev–Trinajstić information content (AvgIpc) is 3.10. The van der Waals surface area contributed by atoms with Crippen LogP contribution in [0.4, 0.5) is 5.69 Å². The molecule has 0 atom stereocenters. The number of hydrogen-bond donors (Lipinski definition) is 1. The molecule has 3 rings (SSSR count). The molecule has 0 aliphatic carbocycles. The maximum atomic E-state index is 12.3. The molecule has 1 aromatic heterocycles. The number of anilines is 1. The fraction of sp³-hybridized carbons (Fsp3) is 0.222. The molecular formula is C18H19N5O3. The van der Waals surface area contributed by atoms with Gasteiger partial charge in [-0.05, 0) is 29.8 Å². The monoisotopic (exact) mass is 353 g/mol. The molecule has 3 aromatic rings. The Morgan fingerprint density at radius 3 is 2.69 bits per heavy atom. The molecule has 8 heteroatoms. The summed E-state index contributed by atoms with van der Waals surface area (Å²) >= 11 is 0. The van der Waals surface area contributed by atoms with Gasteiger partial charge < -0.3 is 14.8 Å². The van der Waals surface area contributed by atoms with E-state index in [0.29, 0.717) is 23.0 Å². The van der Waals surface area contributed by atoms with Crippen LogP contribution >= 0.6 is 0 Å². The molecule has 0 radical (unpaired) electrons. The summed E-state index contributed by atoms with van der Waals surface area (Å²) in [5.41, 5.74) is 2.47. The fourth-order valence-electron chi connectivity index (χ4n) is 2.46. The van der Waals surface area contributed by atoms with Crippen LogP contribution in [0.3, 0.4) is 0 Å². The first-order chi connectivity index (χ1) is 12.6. The molecule has 0 spiro atoms. The van der Waals surface area contributed by atoms with Gasteiger partial charge in [-0.3, -0.25) is 4.79 Å². The molecule has 1 N–H and O–H groups in total. The number of carbonyl (C=O) groups is 1. The molecule has 0 fully saturated rings. The summed E-state index contributed by atoms with van der Waals surface area (Å²) in [7, 11) is 3.09. The van der Waals surface area contributed by atoms with Crippen molar-refractivity contribution in [2.75, 3.05) is 19.5 Å². The summed E-state index contributed by atoms with van der Waals surface area (Å²) in [5.74, 6) is 1.34. The van der Waals surface area contributed by atoms with Gasteiger partial charge >= 0.3 is 0 Å². The highest BCUT2D eigenvalue weighted by molar-refractivity contribution is 5.92. The molecule has 0 saturated carbocycles. The van der Waals surface area contributed by atoms with Gasteiger partial charge in [0.05, 0.1) is 19.9 Å². The summed E-state index contributed by atoms with van der Waals surface area (Å²) in [6.07, 6.45) is 0. The van der Waals surface area contributed by atoms with E-state index in [1.165, 1.54) is 11.9 Å². The Bertz CT molecular complexity index is 923. The van der Waals surface area contributed by atoms with Crippen molar-refractivity contribution in [1.82, 2.24) is 20.2 Å². The topological polar surface area (TPSA) is 91.2 Å². The molecule has 0 unspecified atom stereocenters. The highest BCUT2D eigenvalue weighted by Crippen LogP contribution is 2.29. The maximum absolute atomic E-state index is 12.3. The Balaban J connectivity index is 1.71. The first-order valence-corrected chi connectivity index (χ1v) is 7.96. The largest absolute Gasteiger partial charge is 0.497 e. The lowest BCUT2D eigenvalue weighted by molar-refractivity contribution is -0.117. The Kier molecular flexibility index (Phi) is 5.12. The summed E-state index contributed by atoms with van der Waals surface area (Å²) in [4.78, 5) is 13.5. The summed E-state index contributed by atoms with van der Waals surface area (Å²) in [6.45, 7) is 1.91. The number of amides is 1. The van der Waals surface area contributed by atoms with Crippen LogP contribution in [0, 0.1) is 6.92 Å². The fourth-order valence-corrected chi connectivity index (χ4v) is 2.46. The van der Waals surface area contributed by atoms with E-state index in [2.05, 4.69) is 20.7 Å². The molecular weight excluding hydrogens is 334 g/mol. The molecule has 26 heavy (non-hydrogen) atoms. The number of aryl methyl sites for hydroxylation is 1. The number of carbonyl (C=O) groups excluding carboxylic acids is 1. The van der Waals surface area contributed by atoms with Gasteiger partial charge in [-0.25, -0.2) is 0 Å². The first kappa shape index (κ1) is 17.4. The van der Waals surface area contributed by atoms with Crippen LogP contribution in [0.25, 0.3) is 11.4 Å². The average molecular weight is 353 g/mol. The van der Waals surface area contributed by atoms with Crippen LogP contribution in [-0.2, 0) is 11.3 Å². The van der Waals surface area contributed by atoms with Crippen LogP contribution < -0.4 is 14.8 Å². The van der Waals surface area contributed by atoms with Gasteiger partial charge in [0.1, 0.15) is 18.0 Å². The molecule has 0 aliphatic heterocycles. The summed E-state index contributed by atoms with van der Waals surface area (Å²) < 4.78 is 10.4. The van der Waals surface area contributed by atoms with Crippen LogP contribution in [0.2, 0.25) is 0 Å². The van der Waals surface area contributed by atoms with Gasteiger partial charge in [0.25, 0.3) is 0 Å². The van der Waals surface area contributed by atoms with Crippen molar-refractivity contribution >= 4 is 11.6 Å². The number of rotatable bonds is 6. The molecule has 1 heterocycles. The van der Waals surface area contributed by atoms with Gasteiger partial charge in [-0.2, -0.15) is 4.80 Å². The Labute approximate surface area is 150 Å². The molecule has 0 bridgehead atoms. The minimum atomic E-state index is -0.290. The van der Waals surface area contributed by atoms with Crippen molar-refractivity contribution in [3.05, 3.63) is 48.0 Å². The zero-order chi connectivity index (χ0) is 18.5. The number of ether oxygens (including phenoxy) is 2. The molecule has 1 amide bonds. The van der Waals surface area contributed by atoms with Crippen molar-refractivity contribution in [1.29, 1.82) is 0 Å². The lowest BCUT2D eigenvalue weighted by Gasteiger charge is -2.11. The van der Waals surface area contributed by atoms with Crippen molar-refractivity contribution in [3.8, 4) is 22.9 Å². The molecule has 2 aromatic carbocycles. The van der Waals surface area contributed by atoms with E-state index in [1.54, 1.807) is 25.3 Å². The predicted octanol–water partition coefficient (Wildman–Crippen LogP) is 2.30. The lowest BCUT2D eigenvalue weighted by atomic mass is 10.1. The van der Waals surface area contributed by atoms with E-state index in [4.69, 9.17) is 9.47 Å². The highest BCUT2D eigenvalue weighted by Gasteiger charge is 2.13. The second-order valence-electron chi connectivity index (χ2n) is 5.57. The normalized spacial score (nSPS) is 10.4. The predicted molar refractivity (Wildman–Crippen MR) is 96.2 cm³/mol. The highest BCUT2D eigenvalue weighted by atomic mass is 16.5. The zero-order valence-corrected chi connectivity index (χ0v) is 14.8. The second kappa shape index (κ2) is 7.64. The third-order valence-electron chi connectivity index (χ3n) is 3.81. The first-order valence-electron chi connectivity index (χ1n) is 7.96. The molecule has 0 saturated heterocycles. The van der Waals surface area contributed by atoms with Gasteiger partial charge in [-0.15, -0.1) is 10.2 Å². The van der Waals surface area contributed by atoms with Gasteiger partial charge in [0.15, 0.2) is 0 Å². The van der Waals surface area contributed by atoms with E-state index in [0.717, 1.165) is 11.1 Å². The summed E-state index contributed by atoms with van der Waals surface area (Å²) in [5, 5.41) is 15.0. The number of methoxy groups -OCH3 is 2. The number of tetrazole rings is 1. The lowest BCUT2D eigenvalue weighted by Crippen LogP contribution is -2.20. The standard InChI is InChI=1S/C18H19N5O3/c1-12-6-4-5-7-14(12)18-20-22-23(21-18)11-17(24)19-15-9-8-13(25-2)10-16(15)26-3/h4-10H,11H2,1-3H3,(H,19,24). The van der Waals surface area contributed by atoms with E-state index in [1.807, 2.05) is 31.2 Å². The Morgan fingerprint density at radius 2 is 1.96 bits per heavy atom. The van der Waals surface area contributed by atoms with E-state index in [-0.39, 0.29) is 12.5 Å². The summed E-state index contributed by atoms with van der Waals surface area (Å²) in [6, 6.07) is 12.9. The van der Waals surface area contributed by atoms with E-state index < -0.39 is 0 Å². The SMILES string of the molecule is COc1ccc(NC(=O)Cn2nnc(-c3ccccc3C)n2)c(OC)c1. The van der Waals surface area contributed by atoms with E-state index >= 15 is 0 Å². The Hall–Kier alpha value is -3.42. The van der Waals surface area contributed by atoms with Gasteiger partial charge in [0.2, 0.25) is 11.7 Å². The minimum absolute atomic E-state index is 0.0614. The number of aromatic nitrogens is 4. The molecule has 134 valence electrons. The van der Waals surface area contributed by atoms with E-state index in [9.17, 15) is 4.79 Å². The Morgan fingerprint density at radius 1 is 1.15 bits per heavy atom. The van der Waals surface area contributed by atoms with Crippen molar-refractivity contribution < 1.29 is 14.3 Å². The van der Waals surface area contributed by atoms with Crippen LogP contribution in [0.1, 0.15) is 5.56 Å². The van der Waals surface area contributed by atoms with Crippen LogP contribution in [0.15, 0.2) is 42.5 Å². The van der Waals surface area contributed by atoms with Crippen LogP contribution in [-0.4, -0.2) is 40.3 Å². The smallest absolute Gasteiger partial charge is 0.248 e. The zero-order valence-electron chi connectivity index (χ0n) is 14.8. The minimum Gasteiger partial charge on any atom is -0.497 e. The number of nitrogens with one attached hydrogen (secondary N) is 1. The third kappa shape index (κ3) is 3.80. The quantitative estimate of drug-likeness (QED) is 0.731. The second-order valence-corrected chi connectivity index (χ2v) is 5.57.